The van der Waals surface area contributed by atoms with Crippen LogP contribution in [-0.4, -0.2) is 20.3 Å². The van der Waals surface area contributed by atoms with Gasteiger partial charge >= 0.3 is 0 Å². The molecule has 0 bridgehead atoms. The van der Waals surface area contributed by atoms with Crippen LogP contribution in [0.1, 0.15) is 5.56 Å². The van der Waals surface area contributed by atoms with E-state index in [4.69, 9.17) is 32.7 Å². The Labute approximate surface area is 134 Å². The average molecular weight is 326 g/mol. The molecule has 0 heterocycles. The van der Waals surface area contributed by atoms with Gasteiger partial charge in [0.15, 0.2) is 0 Å². The molecule has 21 heavy (non-hydrogen) atoms. The first kappa shape index (κ1) is 16.1. The van der Waals surface area contributed by atoms with Gasteiger partial charge in [0.25, 0.3) is 0 Å². The topological polar surface area (TPSA) is 30.5 Å². The number of rotatable bonds is 7. The quantitative estimate of drug-likeness (QED) is 0.759. The molecule has 0 radical (unpaired) electrons. The van der Waals surface area contributed by atoms with Gasteiger partial charge in [0.1, 0.15) is 11.5 Å². The van der Waals surface area contributed by atoms with Crippen molar-refractivity contribution in [1.82, 2.24) is 5.32 Å². The zero-order valence-electron chi connectivity index (χ0n) is 11.7. The maximum Gasteiger partial charge on any atom is 0.146 e. The molecule has 5 heteroatoms. The van der Waals surface area contributed by atoms with Crippen molar-refractivity contribution in [3.63, 3.8) is 0 Å². The van der Waals surface area contributed by atoms with Crippen molar-refractivity contribution >= 4 is 23.2 Å². The van der Waals surface area contributed by atoms with E-state index in [9.17, 15) is 0 Å². The first-order valence-corrected chi connectivity index (χ1v) is 7.37. The number of benzene rings is 2. The predicted octanol–water partition coefficient (Wildman–Crippen LogP) is 4.52. The molecule has 0 amide bonds. The molecule has 0 saturated carbocycles. The Morgan fingerprint density at radius 1 is 1.05 bits per heavy atom. The molecule has 3 nitrogen and oxygen atoms in total. The second-order valence-corrected chi connectivity index (χ2v) is 5.30. The zero-order chi connectivity index (χ0) is 15.1. The normalized spacial score (nSPS) is 10.6. The molecule has 1 N–H and O–H groups in total. The minimum absolute atomic E-state index is 0.566. The summed E-state index contributed by atoms with van der Waals surface area (Å²) in [6, 6.07) is 12.9. The predicted molar refractivity (Wildman–Crippen MR) is 86.6 cm³/mol. The smallest absolute Gasteiger partial charge is 0.146 e. The molecule has 0 aliphatic heterocycles. The molecule has 0 spiro atoms. The summed E-state index contributed by atoms with van der Waals surface area (Å²) in [6.07, 6.45) is 0. The van der Waals surface area contributed by atoms with Crippen LogP contribution in [-0.2, 0) is 11.3 Å². The standard InChI is InChI=1S/C16H17Cl2NO2/c1-20-9-8-19-11-12-6-7-13(17)10-16(12)21-15-5-3-2-4-14(15)18/h2-7,10,19H,8-9,11H2,1H3. The Hall–Kier alpha value is -1.26. The fourth-order valence-corrected chi connectivity index (χ4v) is 2.15. The van der Waals surface area contributed by atoms with Crippen LogP contribution in [0.3, 0.4) is 0 Å². The summed E-state index contributed by atoms with van der Waals surface area (Å²) >= 11 is 12.2. The molecule has 2 aromatic rings. The molecule has 112 valence electrons. The van der Waals surface area contributed by atoms with Gasteiger partial charge in [-0.3, -0.25) is 0 Å². The fourth-order valence-electron chi connectivity index (χ4n) is 1.81. The molecule has 0 aliphatic rings. The molecule has 0 aromatic heterocycles. The molecule has 0 saturated heterocycles. The summed E-state index contributed by atoms with van der Waals surface area (Å²) in [6.45, 7) is 2.10. The molecular formula is C16H17Cl2NO2. The number of hydrogen-bond acceptors (Lipinski definition) is 3. The fraction of sp³-hybridized carbons (Fsp3) is 0.250. The summed E-state index contributed by atoms with van der Waals surface area (Å²) in [5, 5.41) is 4.47. The van der Waals surface area contributed by atoms with Crippen molar-refractivity contribution in [3.05, 3.63) is 58.1 Å². The summed E-state index contributed by atoms with van der Waals surface area (Å²) in [7, 11) is 1.68. The average Bonchev–Trinajstić information content (AvgIpc) is 2.48. The summed E-state index contributed by atoms with van der Waals surface area (Å²) in [5.41, 5.74) is 1.01. The van der Waals surface area contributed by atoms with E-state index in [0.29, 0.717) is 34.7 Å². The lowest BCUT2D eigenvalue weighted by Crippen LogP contribution is -2.18. The van der Waals surface area contributed by atoms with Crippen LogP contribution < -0.4 is 10.1 Å². The van der Waals surface area contributed by atoms with E-state index in [1.165, 1.54) is 0 Å². The number of halogens is 2. The second kappa shape index (κ2) is 8.25. The van der Waals surface area contributed by atoms with Crippen molar-refractivity contribution in [2.75, 3.05) is 20.3 Å². The van der Waals surface area contributed by atoms with Gasteiger partial charge in [-0.05, 0) is 24.3 Å². The number of nitrogens with one attached hydrogen (secondary N) is 1. The number of ether oxygens (including phenoxy) is 2. The van der Waals surface area contributed by atoms with E-state index < -0.39 is 0 Å². The van der Waals surface area contributed by atoms with E-state index in [-0.39, 0.29) is 0 Å². The minimum atomic E-state index is 0.566. The van der Waals surface area contributed by atoms with Crippen LogP contribution in [0.25, 0.3) is 0 Å². The van der Waals surface area contributed by atoms with Gasteiger partial charge < -0.3 is 14.8 Å². The van der Waals surface area contributed by atoms with Gasteiger partial charge in [0.2, 0.25) is 0 Å². The molecule has 0 unspecified atom stereocenters. The molecule has 2 rings (SSSR count). The summed E-state index contributed by atoms with van der Waals surface area (Å²) in [4.78, 5) is 0. The Morgan fingerprint density at radius 2 is 1.86 bits per heavy atom. The van der Waals surface area contributed by atoms with Crippen LogP contribution in [0, 0.1) is 0 Å². The van der Waals surface area contributed by atoms with Gasteiger partial charge in [-0.1, -0.05) is 41.4 Å². The van der Waals surface area contributed by atoms with Crippen LogP contribution in [0.4, 0.5) is 0 Å². The van der Waals surface area contributed by atoms with E-state index in [2.05, 4.69) is 5.32 Å². The van der Waals surface area contributed by atoms with E-state index in [1.807, 2.05) is 30.3 Å². The highest BCUT2D eigenvalue weighted by molar-refractivity contribution is 6.32. The van der Waals surface area contributed by atoms with Gasteiger partial charge in [0.05, 0.1) is 11.6 Å². The molecule has 2 aromatic carbocycles. The monoisotopic (exact) mass is 325 g/mol. The van der Waals surface area contributed by atoms with Crippen molar-refractivity contribution in [3.8, 4) is 11.5 Å². The number of hydrogen-bond donors (Lipinski definition) is 1. The molecule has 0 atom stereocenters. The van der Waals surface area contributed by atoms with Gasteiger partial charge in [-0.25, -0.2) is 0 Å². The van der Waals surface area contributed by atoms with Crippen LogP contribution >= 0.6 is 23.2 Å². The van der Waals surface area contributed by atoms with Crippen LogP contribution in [0.2, 0.25) is 10.0 Å². The van der Waals surface area contributed by atoms with Crippen molar-refractivity contribution in [2.24, 2.45) is 0 Å². The lowest BCUT2D eigenvalue weighted by molar-refractivity contribution is 0.199. The Morgan fingerprint density at radius 3 is 2.62 bits per heavy atom. The first-order chi connectivity index (χ1) is 10.2. The van der Waals surface area contributed by atoms with Crippen molar-refractivity contribution in [1.29, 1.82) is 0 Å². The Balaban J connectivity index is 2.13. The lowest BCUT2D eigenvalue weighted by Gasteiger charge is -2.13. The maximum atomic E-state index is 6.12. The Bertz CT molecular complexity index is 590. The zero-order valence-corrected chi connectivity index (χ0v) is 13.2. The van der Waals surface area contributed by atoms with Gasteiger partial charge in [-0.2, -0.15) is 0 Å². The maximum absolute atomic E-state index is 6.12. The SMILES string of the molecule is COCCNCc1ccc(Cl)cc1Oc1ccccc1Cl. The van der Waals surface area contributed by atoms with E-state index >= 15 is 0 Å². The first-order valence-electron chi connectivity index (χ1n) is 6.61. The third-order valence-electron chi connectivity index (χ3n) is 2.88. The highest BCUT2D eigenvalue weighted by Gasteiger charge is 2.08. The van der Waals surface area contributed by atoms with Crippen molar-refractivity contribution < 1.29 is 9.47 Å². The minimum Gasteiger partial charge on any atom is -0.455 e. The lowest BCUT2D eigenvalue weighted by atomic mass is 10.2. The largest absolute Gasteiger partial charge is 0.455 e. The van der Waals surface area contributed by atoms with E-state index in [1.54, 1.807) is 19.2 Å². The second-order valence-electron chi connectivity index (χ2n) is 4.45. The summed E-state index contributed by atoms with van der Waals surface area (Å²) < 4.78 is 10.9. The number of methoxy groups -OCH3 is 1. The van der Waals surface area contributed by atoms with Crippen LogP contribution in [0.15, 0.2) is 42.5 Å². The third kappa shape index (κ3) is 4.90. The van der Waals surface area contributed by atoms with Gasteiger partial charge in [-0.15, -0.1) is 0 Å². The highest BCUT2D eigenvalue weighted by Crippen LogP contribution is 2.32. The van der Waals surface area contributed by atoms with Crippen molar-refractivity contribution in [2.45, 2.75) is 6.54 Å². The number of para-hydroxylation sites is 1. The molecule has 0 fully saturated rings. The van der Waals surface area contributed by atoms with E-state index in [0.717, 1.165) is 12.1 Å². The third-order valence-corrected chi connectivity index (χ3v) is 3.43. The molecule has 0 aliphatic carbocycles. The highest BCUT2D eigenvalue weighted by atomic mass is 35.5. The van der Waals surface area contributed by atoms with Crippen LogP contribution in [0.5, 0.6) is 11.5 Å². The summed E-state index contributed by atoms with van der Waals surface area (Å²) in [5.74, 6) is 1.31. The molecular weight excluding hydrogens is 309 g/mol. The van der Waals surface area contributed by atoms with Gasteiger partial charge in [0, 0.05) is 30.8 Å². The Kier molecular flexibility index (Phi) is 6.33.